The average molecular weight is 395 g/mol. The van der Waals surface area contributed by atoms with E-state index in [1.165, 1.54) is 23.9 Å². The second-order valence-corrected chi connectivity index (χ2v) is 7.27. The van der Waals surface area contributed by atoms with Crippen molar-refractivity contribution in [1.82, 2.24) is 10.3 Å². The zero-order valence-corrected chi connectivity index (χ0v) is 15.6. The first-order valence-corrected chi connectivity index (χ1v) is 9.58. The molecule has 2 aliphatic heterocycles. The smallest absolute Gasteiger partial charge is 0.269 e. The van der Waals surface area contributed by atoms with E-state index in [0.717, 1.165) is 16.8 Å². The number of nitro groups is 1. The van der Waals surface area contributed by atoms with Gasteiger partial charge in [-0.1, -0.05) is 36.0 Å². The summed E-state index contributed by atoms with van der Waals surface area (Å²) in [5.74, 6) is 0.450. The van der Waals surface area contributed by atoms with Crippen LogP contribution in [-0.4, -0.2) is 26.8 Å². The number of hydrazone groups is 1. The van der Waals surface area contributed by atoms with Crippen molar-refractivity contribution in [1.29, 1.82) is 0 Å². The number of hydrogen-bond acceptors (Lipinski definition) is 7. The minimum absolute atomic E-state index is 0.0126. The van der Waals surface area contributed by atoms with Gasteiger partial charge in [0.2, 0.25) is 0 Å². The normalized spacial score (nSPS) is 20.2. The third kappa shape index (κ3) is 3.20. The Morgan fingerprint density at radius 1 is 1.25 bits per heavy atom. The quantitative estimate of drug-likeness (QED) is 0.468. The SMILES string of the molecule is C=CCSC1=NN2[C@@H](c3ccc([N+](=O)[O-])cc3)Nc3ccccc3[C@H]2C(=O)N1. The van der Waals surface area contributed by atoms with Crippen LogP contribution in [0.2, 0.25) is 0 Å². The molecule has 0 aliphatic carbocycles. The monoisotopic (exact) mass is 395 g/mol. The van der Waals surface area contributed by atoms with Gasteiger partial charge in [0.05, 0.1) is 4.92 Å². The molecule has 2 aliphatic rings. The molecule has 28 heavy (non-hydrogen) atoms. The molecule has 0 spiro atoms. The summed E-state index contributed by atoms with van der Waals surface area (Å²) >= 11 is 1.38. The van der Waals surface area contributed by atoms with Crippen LogP contribution in [-0.2, 0) is 4.79 Å². The molecule has 0 aromatic heterocycles. The molecule has 8 nitrogen and oxygen atoms in total. The molecule has 9 heteroatoms. The van der Waals surface area contributed by atoms with Gasteiger partial charge in [-0.05, 0) is 23.8 Å². The summed E-state index contributed by atoms with van der Waals surface area (Å²) in [6.45, 7) is 3.69. The highest BCUT2D eigenvalue weighted by Gasteiger charge is 2.41. The lowest BCUT2D eigenvalue weighted by molar-refractivity contribution is -0.384. The molecule has 2 aromatic rings. The molecular weight excluding hydrogens is 378 g/mol. The molecular formula is C19H17N5O3S. The van der Waals surface area contributed by atoms with Crippen molar-refractivity contribution < 1.29 is 9.72 Å². The first-order chi connectivity index (χ1) is 13.6. The summed E-state index contributed by atoms with van der Waals surface area (Å²) in [7, 11) is 0. The van der Waals surface area contributed by atoms with Gasteiger partial charge in [-0.25, -0.2) is 0 Å². The topological polar surface area (TPSA) is 99.9 Å². The first kappa shape index (κ1) is 18.1. The molecule has 2 aromatic carbocycles. The van der Waals surface area contributed by atoms with Gasteiger partial charge in [0.25, 0.3) is 11.6 Å². The number of thioether (sulfide) groups is 1. The van der Waals surface area contributed by atoms with Crippen LogP contribution >= 0.6 is 11.8 Å². The molecule has 4 rings (SSSR count). The molecule has 0 bridgehead atoms. The Morgan fingerprint density at radius 3 is 2.71 bits per heavy atom. The van der Waals surface area contributed by atoms with Crippen LogP contribution in [0.4, 0.5) is 11.4 Å². The number of para-hydroxylation sites is 1. The van der Waals surface area contributed by atoms with Crippen LogP contribution in [0.15, 0.2) is 66.3 Å². The van der Waals surface area contributed by atoms with E-state index in [4.69, 9.17) is 0 Å². The van der Waals surface area contributed by atoms with Crippen molar-refractivity contribution in [2.45, 2.75) is 12.2 Å². The lowest BCUT2D eigenvalue weighted by Crippen LogP contribution is -2.50. The molecule has 0 saturated carbocycles. The van der Waals surface area contributed by atoms with Gasteiger partial charge in [0, 0.05) is 29.1 Å². The fraction of sp³-hybridized carbons (Fsp3) is 0.158. The lowest BCUT2D eigenvalue weighted by Gasteiger charge is -2.43. The van der Waals surface area contributed by atoms with Gasteiger partial charge in [0.15, 0.2) is 11.2 Å². The van der Waals surface area contributed by atoms with E-state index in [-0.39, 0.29) is 11.6 Å². The number of fused-ring (bicyclic) bond motifs is 3. The number of amidine groups is 1. The summed E-state index contributed by atoms with van der Waals surface area (Å²) in [4.78, 5) is 23.4. The highest BCUT2D eigenvalue weighted by molar-refractivity contribution is 8.14. The van der Waals surface area contributed by atoms with Crippen molar-refractivity contribution in [2.24, 2.45) is 5.10 Å². The predicted octanol–water partition coefficient (Wildman–Crippen LogP) is 3.38. The summed E-state index contributed by atoms with van der Waals surface area (Å²) < 4.78 is 0. The Labute approximate surface area is 165 Å². The Hall–Kier alpha value is -3.33. The highest BCUT2D eigenvalue weighted by Crippen LogP contribution is 2.42. The maximum atomic E-state index is 12.9. The standard InChI is InChI=1S/C19H17N5O3S/c1-2-11-28-19-21-18(25)16-14-5-3-4-6-15(14)20-17(23(16)22-19)12-7-9-13(10-8-12)24(26)27/h2-10,16-17,20H,1,11H2,(H,21,22,25)/t16-,17-/m0/s1. The Kier molecular flexibility index (Phi) is 4.74. The van der Waals surface area contributed by atoms with Crippen LogP contribution in [0.25, 0.3) is 0 Å². The van der Waals surface area contributed by atoms with Crippen molar-refractivity contribution >= 4 is 34.2 Å². The van der Waals surface area contributed by atoms with Gasteiger partial charge < -0.3 is 10.6 Å². The number of nitro benzene ring substituents is 1. The Morgan fingerprint density at radius 2 is 2.00 bits per heavy atom. The van der Waals surface area contributed by atoms with E-state index in [2.05, 4.69) is 22.3 Å². The molecule has 0 fully saturated rings. The number of hydrogen-bond donors (Lipinski definition) is 2. The Bertz CT molecular complexity index is 976. The van der Waals surface area contributed by atoms with E-state index >= 15 is 0 Å². The summed E-state index contributed by atoms with van der Waals surface area (Å²) in [5.41, 5.74) is 2.45. The average Bonchev–Trinajstić information content (AvgIpc) is 2.71. The van der Waals surface area contributed by atoms with Crippen molar-refractivity contribution in [3.63, 3.8) is 0 Å². The van der Waals surface area contributed by atoms with E-state index in [0.29, 0.717) is 10.9 Å². The number of carbonyl (C=O) groups is 1. The summed E-state index contributed by atoms with van der Waals surface area (Å²) in [5, 5.41) is 24.1. The van der Waals surface area contributed by atoms with Gasteiger partial charge in [-0.2, -0.15) is 0 Å². The number of non-ortho nitro benzene ring substituents is 1. The van der Waals surface area contributed by atoms with E-state index in [1.807, 2.05) is 24.3 Å². The molecule has 2 heterocycles. The predicted molar refractivity (Wildman–Crippen MR) is 109 cm³/mol. The maximum Gasteiger partial charge on any atom is 0.269 e. The van der Waals surface area contributed by atoms with Gasteiger partial charge in [-0.3, -0.25) is 19.9 Å². The molecule has 0 unspecified atom stereocenters. The van der Waals surface area contributed by atoms with Crippen LogP contribution in [0.3, 0.4) is 0 Å². The fourth-order valence-corrected chi connectivity index (χ4v) is 3.87. The van der Waals surface area contributed by atoms with Crippen LogP contribution in [0.1, 0.15) is 23.3 Å². The molecule has 2 N–H and O–H groups in total. The number of benzene rings is 2. The number of carbonyl (C=O) groups excluding carboxylic acids is 1. The van der Waals surface area contributed by atoms with Crippen LogP contribution in [0.5, 0.6) is 0 Å². The van der Waals surface area contributed by atoms with Crippen molar-refractivity contribution in [3.8, 4) is 0 Å². The number of nitrogens with zero attached hydrogens (tertiary/aromatic N) is 3. The van der Waals surface area contributed by atoms with Crippen molar-refractivity contribution in [2.75, 3.05) is 11.1 Å². The maximum absolute atomic E-state index is 12.9. The number of rotatable bonds is 4. The van der Waals surface area contributed by atoms with Gasteiger partial charge in [0.1, 0.15) is 6.17 Å². The largest absolute Gasteiger partial charge is 0.360 e. The second kappa shape index (κ2) is 7.35. The van der Waals surface area contributed by atoms with Crippen LogP contribution in [0, 0.1) is 10.1 Å². The third-order valence-electron chi connectivity index (χ3n) is 4.52. The fourth-order valence-electron chi connectivity index (χ4n) is 3.27. The zero-order chi connectivity index (χ0) is 19.7. The minimum atomic E-state index is -0.592. The second-order valence-electron chi connectivity index (χ2n) is 6.26. The Balaban J connectivity index is 1.77. The van der Waals surface area contributed by atoms with E-state index in [1.54, 1.807) is 23.2 Å². The molecule has 0 saturated heterocycles. The lowest BCUT2D eigenvalue weighted by atomic mass is 9.97. The zero-order valence-electron chi connectivity index (χ0n) is 14.7. The van der Waals surface area contributed by atoms with Gasteiger partial charge in [-0.15, -0.1) is 11.7 Å². The van der Waals surface area contributed by atoms with Gasteiger partial charge >= 0.3 is 0 Å². The third-order valence-corrected chi connectivity index (χ3v) is 5.38. The highest BCUT2D eigenvalue weighted by atomic mass is 32.2. The summed E-state index contributed by atoms with van der Waals surface area (Å²) in [6.07, 6.45) is 1.30. The molecule has 0 radical (unpaired) electrons. The molecule has 1 amide bonds. The molecule has 142 valence electrons. The molecule has 2 atom stereocenters. The van der Waals surface area contributed by atoms with Crippen molar-refractivity contribution in [3.05, 3.63) is 82.4 Å². The minimum Gasteiger partial charge on any atom is -0.360 e. The number of anilines is 1. The number of amides is 1. The van der Waals surface area contributed by atoms with E-state index < -0.39 is 17.1 Å². The number of nitrogens with one attached hydrogen (secondary N) is 2. The van der Waals surface area contributed by atoms with Crippen LogP contribution < -0.4 is 10.6 Å². The first-order valence-electron chi connectivity index (χ1n) is 8.60. The summed E-state index contributed by atoms with van der Waals surface area (Å²) in [6, 6.07) is 13.2. The van der Waals surface area contributed by atoms with E-state index in [9.17, 15) is 14.9 Å².